The third kappa shape index (κ3) is 3.09. The largest absolute Gasteiger partial charge is 0.369 e. The molecule has 0 unspecified atom stereocenters. The third-order valence-electron chi connectivity index (χ3n) is 2.83. The second kappa shape index (κ2) is 5.78. The summed E-state index contributed by atoms with van der Waals surface area (Å²) in [5.74, 6) is -0.182. The number of halogens is 2. The number of fused-ring (bicyclic) bond motifs is 1. The van der Waals surface area contributed by atoms with Crippen molar-refractivity contribution >= 4 is 38.8 Å². The van der Waals surface area contributed by atoms with E-state index in [-0.39, 0.29) is 30.1 Å². The Bertz CT molecular complexity index is 653. The standard InChI is InChI=1S/C13H16BrFN4O/c1-7(2)17-12(20)3-4-19-11-6-9(15)8(14)5-10(11)18-13(19)16/h5-7H,3-4H2,1-2H3,(H2,16,18)(H,17,20). The van der Waals surface area contributed by atoms with Gasteiger partial charge in [0.15, 0.2) is 0 Å². The summed E-state index contributed by atoms with van der Waals surface area (Å²) in [6.07, 6.45) is 0.269. The normalized spacial score (nSPS) is 11.2. The smallest absolute Gasteiger partial charge is 0.221 e. The van der Waals surface area contributed by atoms with E-state index in [0.29, 0.717) is 22.1 Å². The molecule has 5 nitrogen and oxygen atoms in total. The van der Waals surface area contributed by atoms with Crippen LogP contribution >= 0.6 is 15.9 Å². The fraction of sp³-hybridized carbons (Fsp3) is 0.385. The maximum Gasteiger partial charge on any atom is 0.221 e. The predicted molar refractivity (Wildman–Crippen MR) is 79.7 cm³/mol. The second-order valence-electron chi connectivity index (χ2n) is 4.85. The van der Waals surface area contributed by atoms with Crippen molar-refractivity contribution in [2.45, 2.75) is 32.9 Å². The summed E-state index contributed by atoms with van der Waals surface area (Å²) in [6, 6.07) is 3.03. The van der Waals surface area contributed by atoms with Crippen molar-refractivity contribution in [3.05, 3.63) is 22.4 Å². The van der Waals surface area contributed by atoms with Crippen LogP contribution in [0.25, 0.3) is 11.0 Å². The zero-order valence-corrected chi connectivity index (χ0v) is 12.9. The Hall–Kier alpha value is -1.63. The quantitative estimate of drug-likeness (QED) is 0.896. The molecule has 2 rings (SSSR count). The van der Waals surface area contributed by atoms with Gasteiger partial charge in [-0.3, -0.25) is 4.79 Å². The van der Waals surface area contributed by atoms with E-state index in [0.717, 1.165) is 0 Å². The number of amides is 1. The molecule has 3 N–H and O–H groups in total. The van der Waals surface area contributed by atoms with E-state index in [1.54, 1.807) is 10.6 Å². The fourth-order valence-corrected chi connectivity index (χ4v) is 2.31. The van der Waals surface area contributed by atoms with Crippen molar-refractivity contribution in [3.8, 4) is 0 Å². The van der Waals surface area contributed by atoms with Gasteiger partial charge in [-0.1, -0.05) is 0 Å². The van der Waals surface area contributed by atoms with Crippen LogP contribution in [0.3, 0.4) is 0 Å². The van der Waals surface area contributed by atoms with E-state index < -0.39 is 0 Å². The molecule has 2 aromatic rings. The lowest BCUT2D eigenvalue weighted by Gasteiger charge is -2.10. The van der Waals surface area contributed by atoms with Gasteiger partial charge >= 0.3 is 0 Å². The number of nitrogens with two attached hydrogens (primary N) is 1. The Labute approximate surface area is 124 Å². The minimum absolute atomic E-state index is 0.0705. The summed E-state index contributed by atoms with van der Waals surface area (Å²) in [7, 11) is 0. The Morgan fingerprint density at radius 2 is 2.25 bits per heavy atom. The number of aryl methyl sites for hydroxylation is 1. The summed E-state index contributed by atoms with van der Waals surface area (Å²) in [5, 5.41) is 2.80. The number of hydrogen-bond acceptors (Lipinski definition) is 3. The summed E-state index contributed by atoms with van der Waals surface area (Å²) < 4.78 is 15.6. The zero-order valence-electron chi connectivity index (χ0n) is 11.3. The van der Waals surface area contributed by atoms with Gasteiger partial charge in [-0.15, -0.1) is 0 Å². The van der Waals surface area contributed by atoms with Gasteiger partial charge in [0.05, 0.1) is 15.5 Å². The Morgan fingerprint density at radius 1 is 1.55 bits per heavy atom. The van der Waals surface area contributed by atoms with Gasteiger partial charge in [0.25, 0.3) is 0 Å². The maximum atomic E-state index is 13.6. The van der Waals surface area contributed by atoms with Crippen molar-refractivity contribution in [1.82, 2.24) is 14.9 Å². The van der Waals surface area contributed by atoms with Crippen LogP contribution in [-0.2, 0) is 11.3 Å². The number of imidazole rings is 1. The molecule has 1 amide bonds. The van der Waals surface area contributed by atoms with Crippen LogP contribution < -0.4 is 11.1 Å². The predicted octanol–water partition coefficient (Wildman–Crippen LogP) is 2.43. The molecule has 0 bridgehead atoms. The highest BCUT2D eigenvalue weighted by atomic mass is 79.9. The molecule has 0 saturated heterocycles. The lowest BCUT2D eigenvalue weighted by atomic mass is 10.3. The van der Waals surface area contributed by atoms with E-state index in [1.807, 2.05) is 13.8 Å². The van der Waals surface area contributed by atoms with E-state index in [9.17, 15) is 9.18 Å². The monoisotopic (exact) mass is 342 g/mol. The average molecular weight is 343 g/mol. The molecular formula is C13H16BrFN4O. The Morgan fingerprint density at radius 3 is 2.90 bits per heavy atom. The number of anilines is 1. The molecule has 0 saturated carbocycles. The maximum absolute atomic E-state index is 13.6. The molecule has 1 aromatic heterocycles. The van der Waals surface area contributed by atoms with E-state index in [4.69, 9.17) is 5.73 Å². The van der Waals surface area contributed by atoms with Crippen LogP contribution in [0.5, 0.6) is 0 Å². The molecule has 7 heteroatoms. The van der Waals surface area contributed by atoms with Gasteiger partial charge in [-0.05, 0) is 35.8 Å². The van der Waals surface area contributed by atoms with E-state index >= 15 is 0 Å². The molecule has 0 aliphatic carbocycles. The molecule has 0 spiro atoms. The number of carbonyl (C=O) groups is 1. The second-order valence-corrected chi connectivity index (χ2v) is 5.70. The van der Waals surface area contributed by atoms with Gasteiger partial charge in [-0.25, -0.2) is 9.37 Å². The lowest BCUT2D eigenvalue weighted by Crippen LogP contribution is -2.30. The summed E-state index contributed by atoms with van der Waals surface area (Å²) >= 11 is 3.11. The molecule has 1 heterocycles. The number of rotatable bonds is 4. The lowest BCUT2D eigenvalue weighted by molar-refractivity contribution is -0.121. The van der Waals surface area contributed by atoms with Crippen LogP contribution in [0.2, 0.25) is 0 Å². The number of aromatic nitrogens is 2. The molecule has 20 heavy (non-hydrogen) atoms. The van der Waals surface area contributed by atoms with Crippen molar-refractivity contribution in [1.29, 1.82) is 0 Å². The van der Waals surface area contributed by atoms with E-state index in [2.05, 4.69) is 26.2 Å². The van der Waals surface area contributed by atoms with Crippen LogP contribution in [-0.4, -0.2) is 21.5 Å². The zero-order chi connectivity index (χ0) is 14.9. The van der Waals surface area contributed by atoms with Crippen molar-refractivity contribution in [3.63, 3.8) is 0 Å². The topological polar surface area (TPSA) is 72.9 Å². The third-order valence-corrected chi connectivity index (χ3v) is 3.44. The van der Waals surface area contributed by atoms with Gasteiger partial charge in [-0.2, -0.15) is 0 Å². The molecule has 1 aromatic carbocycles. The molecule has 0 aliphatic heterocycles. The van der Waals surface area contributed by atoms with Crippen LogP contribution in [0.15, 0.2) is 16.6 Å². The highest BCUT2D eigenvalue weighted by molar-refractivity contribution is 9.10. The van der Waals surface area contributed by atoms with Crippen molar-refractivity contribution < 1.29 is 9.18 Å². The first-order valence-electron chi connectivity index (χ1n) is 6.28. The Kier molecular flexibility index (Phi) is 4.27. The first-order chi connectivity index (χ1) is 9.38. The first kappa shape index (κ1) is 14.8. The summed E-state index contributed by atoms with van der Waals surface area (Å²) in [5.41, 5.74) is 7.00. The molecular weight excluding hydrogens is 327 g/mol. The number of carbonyl (C=O) groups excluding carboxylic acids is 1. The number of hydrogen-bond donors (Lipinski definition) is 2. The average Bonchev–Trinajstić information content (AvgIpc) is 2.62. The number of nitrogen functional groups attached to an aromatic ring is 1. The minimum Gasteiger partial charge on any atom is -0.369 e. The van der Waals surface area contributed by atoms with Crippen molar-refractivity contribution in [2.24, 2.45) is 0 Å². The van der Waals surface area contributed by atoms with Crippen LogP contribution in [0.4, 0.5) is 10.3 Å². The molecule has 108 valence electrons. The van der Waals surface area contributed by atoms with Gasteiger partial charge in [0.1, 0.15) is 5.82 Å². The summed E-state index contributed by atoms with van der Waals surface area (Å²) in [4.78, 5) is 15.8. The van der Waals surface area contributed by atoms with Crippen molar-refractivity contribution in [2.75, 3.05) is 5.73 Å². The highest BCUT2D eigenvalue weighted by Gasteiger charge is 2.13. The fourth-order valence-electron chi connectivity index (χ4n) is 1.98. The number of nitrogens with zero attached hydrogens (tertiary/aromatic N) is 2. The SMILES string of the molecule is CC(C)NC(=O)CCn1c(N)nc2cc(Br)c(F)cc21. The number of nitrogens with one attached hydrogen (secondary N) is 1. The van der Waals surface area contributed by atoms with Crippen LogP contribution in [0, 0.1) is 5.82 Å². The van der Waals surface area contributed by atoms with Gasteiger partial charge in [0.2, 0.25) is 11.9 Å². The van der Waals surface area contributed by atoms with Gasteiger partial charge < -0.3 is 15.6 Å². The number of benzene rings is 1. The molecule has 0 radical (unpaired) electrons. The highest BCUT2D eigenvalue weighted by Crippen LogP contribution is 2.25. The van der Waals surface area contributed by atoms with Crippen LogP contribution in [0.1, 0.15) is 20.3 Å². The molecule has 0 aliphatic rings. The van der Waals surface area contributed by atoms with E-state index in [1.165, 1.54) is 6.07 Å². The Balaban J connectivity index is 2.23. The molecule has 0 fully saturated rings. The molecule has 0 atom stereocenters. The first-order valence-corrected chi connectivity index (χ1v) is 7.08. The summed E-state index contributed by atoms with van der Waals surface area (Å²) in [6.45, 7) is 4.15. The minimum atomic E-state index is -0.384. The van der Waals surface area contributed by atoms with Gasteiger partial charge in [0, 0.05) is 25.1 Å².